The Morgan fingerprint density at radius 1 is 1.19 bits per heavy atom. The minimum absolute atomic E-state index is 0.184. The quantitative estimate of drug-likeness (QED) is 0.703. The maximum absolute atomic E-state index is 12.4. The van der Waals surface area contributed by atoms with Crippen LogP contribution in [0.2, 0.25) is 5.02 Å². The molecule has 0 spiro atoms. The summed E-state index contributed by atoms with van der Waals surface area (Å²) in [4.78, 5) is 28.8. The predicted molar refractivity (Wildman–Crippen MR) is 99.2 cm³/mol. The summed E-state index contributed by atoms with van der Waals surface area (Å²) in [5, 5.41) is 4.53. The molecule has 8 heteroatoms. The minimum Gasteiger partial charge on any atom is -0.337 e. The van der Waals surface area contributed by atoms with Crippen molar-refractivity contribution >= 4 is 23.8 Å². The van der Waals surface area contributed by atoms with Crippen LogP contribution in [0.5, 0.6) is 0 Å². The van der Waals surface area contributed by atoms with E-state index >= 15 is 0 Å². The summed E-state index contributed by atoms with van der Waals surface area (Å²) in [6, 6.07) is 8.01. The number of benzene rings is 1. The van der Waals surface area contributed by atoms with E-state index in [2.05, 4.69) is 10.1 Å². The van der Waals surface area contributed by atoms with E-state index in [0.29, 0.717) is 16.5 Å². The molecule has 0 aliphatic rings. The zero-order chi connectivity index (χ0) is 18.8. The SMILES string of the molecule is Cc1cc(=O)n(C(C)c2nc(/C=C/c3ccc(Cl)cc3)no2)c(=O)n1C. The Hall–Kier alpha value is -2.93. The Bertz CT molecular complexity index is 1080. The third kappa shape index (κ3) is 3.52. The van der Waals surface area contributed by atoms with Gasteiger partial charge in [0.2, 0.25) is 5.89 Å². The molecule has 0 saturated carbocycles. The van der Waals surface area contributed by atoms with Crippen LogP contribution in [-0.4, -0.2) is 19.3 Å². The molecule has 1 unspecified atom stereocenters. The molecule has 0 aliphatic heterocycles. The van der Waals surface area contributed by atoms with Crippen molar-refractivity contribution in [3.8, 4) is 0 Å². The molecule has 3 aromatic rings. The lowest BCUT2D eigenvalue weighted by Gasteiger charge is -2.12. The van der Waals surface area contributed by atoms with Gasteiger partial charge in [-0.3, -0.25) is 4.79 Å². The third-order valence-corrected chi connectivity index (χ3v) is 4.34. The third-order valence-electron chi connectivity index (χ3n) is 4.09. The van der Waals surface area contributed by atoms with E-state index in [0.717, 1.165) is 10.1 Å². The number of aryl methyl sites for hydroxylation is 1. The van der Waals surface area contributed by atoms with Gasteiger partial charge in [-0.05, 0) is 37.6 Å². The molecule has 0 aliphatic carbocycles. The predicted octanol–water partition coefficient (Wildman–Crippen LogP) is 2.67. The van der Waals surface area contributed by atoms with Crippen LogP contribution >= 0.6 is 11.6 Å². The van der Waals surface area contributed by atoms with Crippen LogP contribution in [0.3, 0.4) is 0 Å². The van der Waals surface area contributed by atoms with E-state index in [4.69, 9.17) is 16.1 Å². The molecule has 26 heavy (non-hydrogen) atoms. The van der Waals surface area contributed by atoms with E-state index in [1.54, 1.807) is 39.1 Å². The second-order valence-electron chi connectivity index (χ2n) is 5.89. The zero-order valence-corrected chi connectivity index (χ0v) is 15.3. The molecule has 0 amide bonds. The number of nitrogens with zero attached hydrogens (tertiary/aromatic N) is 4. The van der Waals surface area contributed by atoms with Crippen molar-refractivity contribution in [2.75, 3.05) is 0 Å². The van der Waals surface area contributed by atoms with Crippen molar-refractivity contribution < 1.29 is 4.52 Å². The van der Waals surface area contributed by atoms with Gasteiger partial charge in [0.1, 0.15) is 6.04 Å². The van der Waals surface area contributed by atoms with E-state index in [1.807, 2.05) is 18.2 Å². The Labute approximate surface area is 154 Å². The highest BCUT2D eigenvalue weighted by atomic mass is 35.5. The molecule has 0 saturated heterocycles. The van der Waals surface area contributed by atoms with Crippen LogP contribution in [0, 0.1) is 6.92 Å². The standard InChI is InChI=1S/C18H17ClN4O3/c1-11-10-16(24)23(18(25)22(11)3)12(2)17-20-15(21-26-17)9-6-13-4-7-14(19)8-5-13/h4-10,12H,1-3H3/b9-6+. The van der Waals surface area contributed by atoms with Crippen LogP contribution in [0.25, 0.3) is 12.2 Å². The summed E-state index contributed by atoms with van der Waals surface area (Å²) in [5.41, 5.74) is 0.673. The van der Waals surface area contributed by atoms with Gasteiger partial charge in [-0.15, -0.1) is 0 Å². The second-order valence-corrected chi connectivity index (χ2v) is 6.32. The van der Waals surface area contributed by atoms with Crippen molar-refractivity contribution in [2.45, 2.75) is 19.9 Å². The first-order chi connectivity index (χ1) is 12.4. The summed E-state index contributed by atoms with van der Waals surface area (Å²) < 4.78 is 7.72. The number of rotatable bonds is 4. The molecular weight excluding hydrogens is 356 g/mol. The summed E-state index contributed by atoms with van der Waals surface area (Å²) in [6.07, 6.45) is 3.49. The van der Waals surface area contributed by atoms with E-state index in [-0.39, 0.29) is 5.89 Å². The number of hydrogen-bond donors (Lipinski definition) is 0. The molecule has 0 fully saturated rings. The molecule has 3 rings (SSSR count). The van der Waals surface area contributed by atoms with Gasteiger partial charge >= 0.3 is 5.69 Å². The van der Waals surface area contributed by atoms with Crippen LogP contribution in [-0.2, 0) is 7.05 Å². The monoisotopic (exact) mass is 372 g/mol. The summed E-state index contributed by atoms with van der Waals surface area (Å²) >= 11 is 5.85. The fraction of sp³-hybridized carbons (Fsp3) is 0.222. The van der Waals surface area contributed by atoms with Crippen molar-refractivity contribution in [2.24, 2.45) is 7.05 Å². The number of aromatic nitrogens is 4. The minimum atomic E-state index is -0.674. The first-order valence-electron chi connectivity index (χ1n) is 7.93. The molecule has 0 radical (unpaired) electrons. The Kier molecular flexibility index (Phi) is 4.90. The largest absolute Gasteiger partial charge is 0.337 e. The van der Waals surface area contributed by atoms with Crippen LogP contribution in [0.15, 0.2) is 44.4 Å². The van der Waals surface area contributed by atoms with Gasteiger partial charge in [0, 0.05) is 23.8 Å². The summed E-state index contributed by atoms with van der Waals surface area (Å²) in [7, 11) is 1.61. The van der Waals surface area contributed by atoms with Crippen molar-refractivity contribution in [1.29, 1.82) is 0 Å². The topological polar surface area (TPSA) is 82.9 Å². The first kappa shape index (κ1) is 17.9. The molecular formula is C18H17ClN4O3. The molecule has 7 nitrogen and oxygen atoms in total. The molecule has 0 N–H and O–H groups in total. The van der Waals surface area contributed by atoms with Gasteiger partial charge in [0.15, 0.2) is 5.82 Å². The fourth-order valence-electron chi connectivity index (χ4n) is 2.45. The Morgan fingerprint density at radius 3 is 2.58 bits per heavy atom. The molecule has 1 atom stereocenters. The number of hydrogen-bond acceptors (Lipinski definition) is 5. The normalized spacial score (nSPS) is 12.6. The van der Waals surface area contributed by atoms with Crippen molar-refractivity contribution in [3.05, 3.63) is 79.2 Å². The maximum Gasteiger partial charge on any atom is 0.331 e. The van der Waals surface area contributed by atoms with Crippen LogP contribution < -0.4 is 11.2 Å². The van der Waals surface area contributed by atoms with Crippen molar-refractivity contribution in [3.63, 3.8) is 0 Å². The van der Waals surface area contributed by atoms with Crippen molar-refractivity contribution in [1.82, 2.24) is 19.3 Å². The zero-order valence-electron chi connectivity index (χ0n) is 14.5. The van der Waals surface area contributed by atoms with Crippen LogP contribution in [0.4, 0.5) is 0 Å². The van der Waals surface area contributed by atoms with Gasteiger partial charge in [-0.25, -0.2) is 9.36 Å². The molecule has 1 aromatic carbocycles. The highest BCUT2D eigenvalue weighted by molar-refractivity contribution is 6.30. The maximum atomic E-state index is 12.4. The van der Waals surface area contributed by atoms with Gasteiger partial charge in [0.05, 0.1) is 0 Å². The van der Waals surface area contributed by atoms with Gasteiger partial charge in [0.25, 0.3) is 5.56 Å². The smallest absolute Gasteiger partial charge is 0.331 e. The lowest BCUT2D eigenvalue weighted by Crippen LogP contribution is -2.41. The molecule has 2 heterocycles. The average Bonchev–Trinajstić information content (AvgIpc) is 3.08. The van der Waals surface area contributed by atoms with Crippen LogP contribution in [0.1, 0.15) is 35.9 Å². The number of halogens is 1. The Morgan fingerprint density at radius 2 is 1.88 bits per heavy atom. The van der Waals surface area contributed by atoms with E-state index in [1.165, 1.54) is 10.6 Å². The second kappa shape index (κ2) is 7.13. The van der Waals surface area contributed by atoms with E-state index in [9.17, 15) is 9.59 Å². The lowest BCUT2D eigenvalue weighted by molar-refractivity contribution is 0.335. The summed E-state index contributed by atoms with van der Waals surface area (Å²) in [6.45, 7) is 3.36. The van der Waals surface area contributed by atoms with Gasteiger partial charge in [-0.1, -0.05) is 35.0 Å². The lowest BCUT2D eigenvalue weighted by atomic mass is 10.2. The highest BCUT2D eigenvalue weighted by Crippen LogP contribution is 2.15. The van der Waals surface area contributed by atoms with Gasteiger partial charge in [-0.2, -0.15) is 4.98 Å². The molecule has 134 valence electrons. The fourth-order valence-corrected chi connectivity index (χ4v) is 2.57. The molecule has 2 aromatic heterocycles. The first-order valence-corrected chi connectivity index (χ1v) is 8.31. The highest BCUT2D eigenvalue weighted by Gasteiger charge is 2.20. The van der Waals surface area contributed by atoms with E-state index < -0.39 is 17.3 Å². The average molecular weight is 373 g/mol. The summed E-state index contributed by atoms with van der Waals surface area (Å²) in [5.74, 6) is 0.530. The Balaban J connectivity index is 1.88. The molecule has 0 bridgehead atoms. The van der Waals surface area contributed by atoms with Gasteiger partial charge < -0.3 is 9.09 Å².